The minimum Gasteiger partial charge on any atom is -0.353 e. The number of hydrogen-bond donors (Lipinski definition) is 2. The second-order valence-corrected chi connectivity index (χ2v) is 8.63. The first kappa shape index (κ1) is 22.8. The fraction of sp³-hybridized carbons (Fsp3) is 0.480. The maximum atomic E-state index is 12.7. The van der Waals surface area contributed by atoms with E-state index in [1.165, 1.54) is 0 Å². The van der Waals surface area contributed by atoms with Crippen LogP contribution in [0.25, 0.3) is 10.8 Å². The third-order valence-corrected chi connectivity index (χ3v) is 5.80. The minimum atomic E-state index is -0.604. The van der Waals surface area contributed by atoms with Gasteiger partial charge in [0, 0.05) is 26.1 Å². The van der Waals surface area contributed by atoms with Crippen molar-refractivity contribution >= 4 is 28.5 Å². The molecular formula is C25H33N3O3. The molecule has 0 bridgehead atoms. The predicted octanol–water partition coefficient (Wildman–Crippen LogP) is 3.04. The Morgan fingerprint density at radius 1 is 1.03 bits per heavy atom. The van der Waals surface area contributed by atoms with E-state index in [1.54, 1.807) is 0 Å². The van der Waals surface area contributed by atoms with Crippen molar-refractivity contribution in [3.8, 4) is 0 Å². The van der Waals surface area contributed by atoms with Gasteiger partial charge in [-0.3, -0.25) is 14.4 Å². The molecule has 1 fully saturated rings. The molecule has 0 saturated carbocycles. The molecular weight excluding hydrogens is 390 g/mol. The number of carbonyl (C=O) groups is 3. The molecule has 3 rings (SSSR count). The minimum absolute atomic E-state index is 0.0413. The Labute approximate surface area is 184 Å². The molecule has 2 aromatic rings. The predicted molar refractivity (Wildman–Crippen MR) is 122 cm³/mol. The highest BCUT2D eigenvalue weighted by Gasteiger charge is 2.24. The molecule has 166 valence electrons. The summed E-state index contributed by atoms with van der Waals surface area (Å²) < 4.78 is 0. The summed E-state index contributed by atoms with van der Waals surface area (Å²) >= 11 is 0. The fourth-order valence-corrected chi connectivity index (χ4v) is 3.99. The summed E-state index contributed by atoms with van der Waals surface area (Å²) in [5, 5.41) is 8.01. The van der Waals surface area contributed by atoms with E-state index >= 15 is 0 Å². The van der Waals surface area contributed by atoms with Crippen LogP contribution in [0.2, 0.25) is 0 Å². The highest BCUT2D eigenvalue weighted by molar-refractivity contribution is 5.89. The molecule has 6 heteroatoms. The number of nitrogens with one attached hydrogen (secondary N) is 2. The lowest BCUT2D eigenvalue weighted by Gasteiger charge is -2.24. The van der Waals surface area contributed by atoms with E-state index in [0.717, 1.165) is 42.1 Å². The van der Waals surface area contributed by atoms with Crippen molar-refractivity contribution in [2.45, 2.75) is 52.0 Å². The highest BCUT2D eigenvalue weighted by atomic mass is 16.2. The van der Waals surface area contributed by atoms with Crippen LogP contribution in [0.4, 0.5) is 0 Å². The van der Waals surface area contributed by atoms with Gasteiger partial charge in [0.1, 0.15) is 6.04 Å². The van der Waals surface area contributed by atoms with E-state index in [9.17, 15) is 14.4 Å². The van der Waals surface area contributed by atoms with Crippen molar-refractivity contribution in [3.63, 3.8) is 0 Å². The van der Waals surface area contributed by atoms with Crippen LogP contribution in [0, 0.1) is 5.92 Å². The van der Waals surface area contributed by atoms with Crippen LogP contribution in [0.5, 0.6) is 0 Å². The third kappa shape index (κ3) is 6.54. The first-order chi connectivity index (χ1) is 14.9. The first-order valence-electron chi connectivity index (χ1n) is 11.3. The summed E-state index contributed by atoms with van der Waals surface area (Å²) in [5.41, 5.74) is 0.916. The Morgan fingerprint density at radius 3 is 2.58 bits per heavy atom. The maximum Gasteiger partial charge on any atom is 0.242 e. The summed E-state index contributed by atoms with van der Waals surface area (Å²) in [6.45, 7) is 5.50. The van der Waals surface area contributed by atoms with Gasteiger partial charge in [0.15, 0.2) is 0 Å². The summed E-state index contributed by atoms with van der Waals surface area (Å²) in [5.74, 6) is -0.257. The first-order valence-corrected chi connectivity index (χ1v) is 11.3. The number of amides is 3. The molecule has 1 unspecified atom stereocenters. The molecule has 1 atom stereocenters. The zero-order valence-corrected chi connectivity index (χ0v) is 18.5. The number of carbonyl (C=O) groups excluding carboxylic acids is 3. The van der Waals surface area contributed by atoms with Gasteiger partial charge in [-0.25, -0.2) is 0 Å². The van der Waals surface area contributed by atoms with E-state index in [0.29, 0.717) is 19.5 Å². The van der Waals surface area contributed by atoms with Gasteiger partial charge in [-0.2, -0.15) is 0 Å². The van der Waals surface area contributed by atoms with Crippen LogP contribution in [0.15, 0.2) is 42.5 Å². The number of nitrogens with zero attached hydrogens (tertiary/aromatic N) is 1. The molecule has 31 heavy (non-hydrogen) atoms. The third-order valence-electron chi connectivity index (χ3n) is 5.80. The molecule has 0 spiro atoms. The van der Waals surface area contributed by atoms with Crippen LogP contribution >= 0.6 is 0 Å². The van der Waals surface area contributed by atoms with Crippen molar-refractivity contribution in [1.82, 2.24) is 15.5 Å². The van der Waals surface area contributed by atoms with E-state index < -0.39 is 6.04 Å². The maximum absolute atomic E-state index is 12.7. The van der Waals surface area contributed by atoms with Gasteiger partial charge < -0.3 is 15.5 Å². The number of fused-ring (bicyclic) bond motifs is 1. The molecule has 0 aromatic heterocycles. The smallest absolute Gasteiger partial charge is 0.242 e. The molecule has 0 radical (unpaired) electrons. The normalized spacial score (nSPS) is 15.6. The quantitative estimate of drug-likeness (QED) is 0.685. The lowest BCUT2D eigenvalue weighted by Crippen LogP contribution is -2.51. The zero-order valence-electron chi connectivity index (χ0n) is 18.5. The van der Waals surface area contributed by atoms with Crippen LogP contribution in [-0.2, 0) is 20.8 Å². The van der Waals surface area contributed by atoms with Crippen molar-refractivity contribution in [2.24, 2.45) is 5.92 Å². The van der Waals surface area contributed by atoms with Crippen molar-refractivity contribution in [2.75, 3.05) is 19.6 Å². The highest BCUT2D eigenvalue weighted by Crippen LogP contribution is 2.16. The Kier molecular flexibility index (Phi) is 8.04. The van der Waals surface area contributed by atoms with Gasteiger partial charge >= 0.3 is 0 Å². The topological polar surface area (TPSA) is 78.5 Å². The average molecular weight is 424 g/mol. The van der Waals surface area contributed by atoms with Crippen LogP contribution in [-0.4, -0.2) is 48.3 Å². The molecule has 2 N–H and O–H groups in total. The average Bonchev–Trinajstić information content (AvgIpc) is 2.95. The van der Waals surface area contributed by atoms with E-state index in [-0.39, 0.29) is 30.1 Å². The summed E-state index contributed by atoms with van der Waals surface area (Å²) in [7, 11) is 0. The molecule has 1 saturated heterocycles. The van der Waals surface area contributed by atoms with E-state index in [4.69, 9.17) is 0 Å². The number of likely N-dealkylation sites (tertiary alicyclic amines) is 1. The number of benzene rings is 2. The Bertz CT molecular complexity index is 925. The van der Waals surface area contributed by atoms with Gasteiger partial charge in [-0.1, -0.05) is 62.7 Å². The molecule has 1 aliphatic rings. The van der Waals surface area contributed by atoms with Gasteiger partial charge in [-0.05, 0) is 35.1 Å². The van der Waals surface area contributed by atoms with E-state index in [1.807, 2.05) is 61.2 Å². The molecule has 3 amide bonds. The standard InChI is InChI=1S/C25H33N3O3/c1-18(2)24(25(31)26-13-15-28-14-7-3-4-10-23(28)30)27-22(29)17-19-11-12-20-8-5-6-9-21(20)16-19/h5-6,8-9,11-12,16,18,24H,3-4,7,10,13-15,17H2,1-2H3,(H,26,31)(H,27,29). The number of hydrogen-bond acceptors (Lipinski definition) is 3. The largest absolute Gasteiger partial charge is 0.353 e. The lowest BCUT2D eigenvalue weighted by molar-refractivity contribution is -0.132. The second-order valence-electron chi connectivity index (χ2n) is 8.63. The molecule has 0 aliphatic carbocycles. The van der Waals surface area contributed by atoms with Gasteiger partial charge in [-0.15, -0.1) is 0 Å². The summed E-state index contributed by atoms with van der Waals surface area (Å²) in [6.07, 6.45) is 3.85. The van der Waals surface area contributed by atoms with Crippen molar-refractivity contribution in [3.05, 3.63) is 48.0 Å². The van der Waals surface area contributed by atoms with Gasteiger partial charge in [0.2, 0.25) is 17.7 Å². The Hall–Kier alpha value is -2.89. The SMILES string of the molecule is CC(C)C(NC(=O)Cc1ccc2ccccc2c1)C(=O)NCCN1CCCCCC1=O. The van der Waals surface area contributed by atoms with Gasteiger partial charge in [0.25, 0.3) is 0 Å². The molecule has 1 aliphatic heterocycles. The van der Waals surface area contributed by atoms with Crippen molar-refractivity contribution < 1.29 is 14.4 Å². The number of rotatable bonds is 8. The summed E-state index contributed by atoms with van der Waals surface area (Å²) in [6, 6.07) is 13.4. The summed E-state index contributed by atoms with van der Waals surface area (Å²) in [4.78, 5) is 39.3. The molecule has 1 heterocycles. The monoisotopic (exact) mass is 423 g/mol. The Balaban J connectivity index is 1.52. The van der Waals surface area contributed by atoms with Gasteiger partial charge in [0.05, 0.1) is 6.42 Å². The van der Waals surface area contributed by atoms with Crippen LogP contribution in [0.1, 0.15) is 45.1 Å². The van der Waals surface area contributed by atoms with Crippen LogP contribution in [0.3, 0.4) is 0 Å². The molecule has 2 aromatic carbocycles. The van der Waals surface area contributed by atoms with Crippen molar-refractivity contribution in [1.29, 1.82) is 0 Å². The van der Waals surface area contributed by atoms with E-state index in [2.05, 4.69) is 10.6 Å². The molecule has 6 nitrogen and oxygen atoms in total. The second kappa shape index (κ2) is 10.9. The lowest BCUT2D eigenvalue weighted by atomic mass is 10.0. The Morgan fingerprint density at radius 2 is 1.81 bits per heavy atom. The van der Waals surface area contributed by atoms with Crippen LogP contribution < -0.4 is 10.6 Å². The fourth-order valence-electron chi connectivity index (χ4n) is 3.99. The zero-order chi connectivity index (χ0) is 22.2.